The molecule has 0 saturated carbocycles. The van der Waals surface area contributed by atoms with Crippen LogP contribution >= 0.6 is 11.6 Å². The van der Waals surface area contributed by atoms with Crippen LogP contribution in [0, 0.1) is 0 Å². The molecule has 1 aromatic carbocycles. The van der Waals surface area contributed by atoms with Gasteiger partial charge < -0.3 is 5.32 Å². The number of nitrogens with one attached hydrogen (secondary N) is 1. The van der Waals surface area contributed by atoms with Crippen LogP contribution in [0.4, 0.5) is 19.0 Å². The second kappa shape index (κ2) is 5.50. The minimum Gasteiger partial charge on any atom is -0.307 e. The third kappa shape index (κ3) is 3.48. The maximum Gasteiger partial charge on any atom is 0.416 e. The predicted octanol–water partition coefficient (Wildman–Crippen LogP) is 4.01. The van der Waals surface area contributed by atoms with E-state index in [9.17, 15) is 18.0 Å². The van der Waals surface area contributed by atoms with Gasteiger partial charge in [0, 0.05) is 16.8 Å². The Morgan fingerprint density at radius 3 is 2.35 bits per heavy atom. The molecule has 0 radical (unpaired) electrons. The number of hydrogen-bond acceptors (Lipinski definition) is 2. The predicted molar refractivity (Wildman–Crippen MR) is 68.6 cm³/mol. The summed E-state index contributed by atoms with van der Waals surface area (Å²) in [5.41, 5.74) is -0.713. The molecule has 1 N–H and O–H groups in total. The zero-order valence-electron chi connectivity index (χ0n) is 9.91. The fraction of sp³-hybridized carbons (Fsp3) is 0.0769. The Bertz CT molecular complexity index is 626. The molecule has 0 atom stereocenters. The van der Waals surface area contributed by atoms with Crippen LogP contribution in [-0.2, 0) is 6.18 Å². The van der Waals surface area contributed by atoms with Crippen LogP contribution in [-0.4, -0.2) is 10.9 Å². The summed E-state index contributed by atoms with van der Waals surface area (Å²) in [5.74, 6) is -0.337. The van der Waals surface area contributed by atoms with Crippen molar-refractivity contribution in [2.24, 2.45) is 0 Å². The van der Waals surface area contributed by atoms with E-state index in [0.29, 0.717) is 5.02 Å². The van der Waals surface area contributed by atoms with Gasteiger partial charge in [-0.2, -0.15) is 13.2 Å². The molecule has 0 aliphatic heterocycles. The average molecular weight is 301 g/mol. The van der Waals surface area contributed by atoms with Gasteiger partial charge in [-0.15, -0.1) is 0 Å². The fourth-order valence-electron chi connectivity index (χ4n) is 1.47. The lowest BCUT2D eigenvalue weighted by molar-refractivity contribution is -0.137. The summed E-state index contributed by atoms with van der Waals surface area (Å²) in [5, 5.41) is 2.83. The number of aromatic nitrogens is 1. The molecule has 2 aromatic rings. The SMILES string of the molecule is O=C(Nc1cc(Cl)ccn1)c1ccc(C(F)(F)F)cc1. The first-order chi connectivity index (χ1) is 9.36. The molecular formula is C13H8ClF3N2O. The topological polar surface area (TPSA) is 42.0 Å². The lowest BCUT2D eigenvalue weighted by atomic mass is 10.1. The Hall–Kier alpha value is -2.08. The van der Waals surface area contributed by atoms with E-state index in [1.54, 1.807) is 0 Å². The van der Waals surface area contributed by atoms with Crippen LogP contribution in [0.15, 0.2) is 42.6 Å². The number of halogens is 4. The van der Waals surface area contributed by atoms with Crippen molar-refractivity contribution in [3.05, 3.63) is 58.7 Å². The van der Waals surface area contributed by atoms with Crippen LogP contribution in [0.25, 0.3) is 0 Å². The largest absolute Gasteiger partial charge is 0.416 e. The Morgan fingerprint density at radius 1 is 1.15 bits per heavy atom. The number of carbonyl (C=O) groups excluding carboxylic acids is 1. The summed E-state index contributed by atoms with van der Waals surface area (Å²) in [6, 6.07) is 6.87. The number of hydrogen-bond donors (Lipinski definition) is 1. The lowest BCUT2D eigenvalue weighted by Gasteiger charge is -2.08. The Kier molecular flexibility index (Phi) is 3.94. The molecule has 0 saturated heterocycles. The molecule has 2 rings (SSSR count). The van der Waals surface area contributed by atoms with Crippen LogP contribution in [0.2, 0.25) is 5.02 Å². The molecule has 0 bridgehead atoms. The first kappa shape index (κ1) is 14.3. The van der Waals surface area contributed by atoms with E-state index in [1.807, 2.05) is 0 Å². The number of nitrogens with zero attached hydrogens (tertiary/aromatic N) is 1. The van der Waals surface area contributed by atoms with Crippen LogP contribution in [0.3, 0.4) is 0 Å². The van der Waals surface area contributed by atoms with Crippen molar-refractivity contribution in [2.45, 2.75) is 6.18 Å². The second-order valence-electron chi connectivity index (χ2n) is 3.89. The Labute approximate surface area is 117 Å². The molecule has 20 heavy (non-hydrogen) atoms. The zero-order valence-corrected chi connectivity index (χ0v) is 10.7. The summed E-state index contributed by atoms with van der Waals surface area (Å²) < 4.78 is 37.2. The van der Waals surface area contributed by atoms with E-state index in [1.165, 1.54) is 18.3 Å². The standard InChI is InChI=1S/C13H8ClF3N2O/c14-10-5-6-18-11(7-10)19-12(20)8-1-3-9(4-2-8)13(15,16)17/h1-7H,(H,18,19,20). The van der Waals surface area contributed by atoms with Crippen LogP contribution in [0.1, 0.15) is 15.9 Å². The summed E-state index contributed by atoms with van der Waals surface area (Å²) in [6.45, 7) is 0. The number of anilines is 1. The van der Waals surface area contributed by atoms with E-state index in [0.717, 1.165) is 24.3 Å². The summed E-state index contributed by atoms with van der Waals surface area (Å²) in [6.07, 6.45) is -3.02. The van der Waals surface area contributed by atoms with Gasteiger partial charge >= 0.3 is 6.18 Å². The van der Waals surface area contributed by atoms with Crippen molar-refractivity contribution >= 4 is 23.3 Å². The molecule has 104 valence electrons. The minimum atomic E-state index is -4.43. The molecule has 3 nitrogen and oxygen atoms in total. The smallest absolute Gasteiger partial charge is 0.307 e. The van der Waals surface area contributed by atoms with Gasteiger partial charge in [-0.25, -0.2) is 4.98 Å². The number of alkyl halides is 3. The van der Waals surface area contributed by atoms with Gasteiger partial charge in [0.1, 0.15) is 5.82 Å². The highest BCUT2D eigenvalue weighted by atomic mass is 35.5. The zero-order chi connectivity index (χ0) is 14.8. The molecule has 0 spiro atoms. The van der Waals surface area contributed by atoms with Crippen molar-refractivity contribution in [3.8, 4) is 0 Å². The van der Waals surface area contributed by atoms with E-state index < -0.39 is 17.6 Å². The lowest BCUT2D eigenvalue weighted by Crippen LogP contribution is -2.13. The number of carbonyl (C=O) groups is 1. The third-order valence-electron chi connectivity index (χ3n) is 2.44. The number of pyridine rings is 1. The van der Waals surface area contributed by atoms with Gasteiger partial charge in [0.25, 0.3) is 5.91 Å². The van der Waals surface area contributed by atoms with Gasteiger partial charge in [-0.05, 0) is 36.4 Å². The number of amides is 1. The minimum absolute atomic E-state index is 0.0970. The number of benzene rings is 1. The van der Waals surface area contributed by atoms with E-state index in [-0.39, 0.29) is 11.4 Å². The van der Waals surface area contributed by atoms with E-state index in [2.05, 4.69) is 10.3 Å². The van der Waals surface area contributed by atoms with Gasteiger partial charge in [-0.1, -0.05) is 11.6 Å². The van der Waals surface area contributed by atoms with Crippen LogP contribution in [0.5, 0.6) is 0 Å². The molecule has 1 aromatic heterocycles. The van der Waals surface area contributed by atoms with Gasteiger partial charge in [0.15, 0.2) is 0 Å². The summed E-state index contributed by atoms with van der Waals surface area (Å²) in [4.78, 5) is 15.7. The summed E-state index contributed by atoms with van der Waals surface area (Å²) >= 11 is 5.73. The first-order valence-corrected chi connectivity index (χ1v) is 5.84. The van der Waals surface area contributed by atoms with Crippen molar-refractivity contribution < 1.29 is 18.0 Å². The third-order valence-corrected chi connectivity index (χ3v) is 2.67. The van der Waals surface area contributed by atoms with Crippen molar-refractivity contribution in [1.29, 1.82) is 0 Å². The normalized spacial score (nSPS) is 11.2. The molecule has 1 heterocycles. The molecule has 1 amide bonds. The quantitative estimate of drug-likeness (QED) is 0.910. The van der Waals surface area contributed by atoms with Crippen molar-refractivity contribution in [3.63, 3.8) is 0 Å². The fourth-order valence-corrected chi connectivity index (χ4v) is 1.63. The maximum atomic E-state index is 12.4. The Morgan fingerprint density at radius 2 is 1.80 bits per heavy atom. The van der Waals surface area contributed by atoms with E-state index >= 15 is 0 Å². The Balaban J connectivity index is 2.14. The number of rotatable bonds is 2. The first-order valence-electron chi connectivity index (χ1n) is 5.46. The van der Waals surface area contributed by atoms with Gasteiger partial charge in [0.2, 0.25) is 0 Å². The molecule has 0 aliphatic rings. The van der Waals surface area contributed by atoms with Crippen LogP contribution < -0.4 is 5.32 Å². The van der Waals surface area contributed by atoms with Crippen molar-refractivity contribution in [1.82, 2.24) is 4.98 Å². The monoisotopic (exact) mass is 300 g/mol. The molecular weight excluding hydrogens is 293 g/mol. The average Bonchev–Trinajstić information content (AvgIpc) is 2.38. The highest BCUT2D eigenvalue weighted by Gasteiger charge is 2.30. The summed E-state index contributed by atoms with van der Waals surface area (Å²) in [7, 11) is 0. The van der Waals surface area contributed by atoms with Crippen molar-refractivity contribution in [2.75, 3.05) is 5.32 Å². The second-order valence-corrected chi connectivity index (χ2v) is 4.32. The molecule has 0 fully saturated rings. The van der Waals surface area contributed by atoms with E-state index in [4.69, 9.17) is 11.6 Å². The van der Waals surface area contributed by atoms with Gasteiger partial charge in [-0.3, -0.25) is 4.79 Å². The highest BCUT2D eigenvalue weighted by molar-refractivity contribution is 6.30. The van der Waals surface area contributed by atoms with Gasteiger partial charge in [0.05, 0.1) is 5.56 Å². The molecule has 0 unspecified atom stereocenters. The molecule has 0 aliphatic carbocycles. The highest BCUT2D eigenvalue weighted by Crippen LogP contribution is 2.29. The molecule has 7 heteroatoms. The maximum absolute atomic E-state index is 12.4.